The van der Waals surface area contributed by atoms with Crippen LogP contribution in [0.5, 0.6) is 0 Å². The molecule has 196 valence electrons. The molecule has 0 saturated carbocycles. The Labute approximate surface area is 217 Å². The summed E-state index contributed by atoms with van der Waals surface area (Å²) in [6.45, 7) is 3.71. The number of fused-ring (bicyclic) bond motifs is 3. The normalized spacial score (nSPS) is 17.1. The Kier molecular flexibility index (Phi) is 7.43. The Morgan fingerprint density at radius 1 is 1.19 bits per heavy atom. The minimum Gasteiger partial charge on any atom is -0.450 e. The van der Waals surface area contributed by atoms with E-state index < -0.39 is 11.8 Å². The number of carbonyl (C=O) groups is 2. The quantitative estimate of drug-likeness (QED) is 0.505. The summed E-state index contributed by atoms with van der Waals surface area (Å²) in [5.74, 6) is -0.316. The number of hydrogen-bond donors (Lipinski definition) is 1. The molecule has 0 radical (unpaired) electrons. The van der Waals surface area contributed by atoms with Gasteiger partial charge in [-0.3, -0.25) is 18.7 Å². The van der Waals surface area contributed by atoms with Gasteiger partial charge in [0.05, 0.1) is 31.2 Å². The second kappa shape index (κ2) is 10.9. The first-order valence-corrected chi connectivity index (χ1v) is 13.4. The first-order chi connectivity index (χ1) is 18.0. The Hall–Kier alpha value is -3.44. The molecule has 1 fully saturated rings. The third-order valence-electron chi connectivity index (χ3n) is 6.77. The monoisotopic (exact) mass is 526 g/mol. The van der Waals surface area contributed by atoms with Gasteiger partial charge in [0.2, 0.25) is 5.91 Å². The van der Waals surface area contributed by atoms with Gasteiger partial charge in [0, 0.05) is 24.6 Å². The predicted octanol–water partition coefficient (Wildman–Crippen LogP) is 2.08. The summed E-state index contributed by atoms with van der Waals surface area (Å²) >= 11 is 1.29. The molecule has 2 amide bonds. The maximum Gasteiger partial charge on any atom is 0.410 e. The minimum atomic E-state index is -0.533. The maximum absolute atomic E-state index is 13.7. The van der Waals surface area contributed by atoms with E-state index in [1.54, 1.807) is 11.8 Å². The average Bonchev–Trinajstić information content (AvgIpc) is 3.56. The summed E-state index contributed by atoms with van der Waals surface area (Å²) in [7, 11) is 0. The summed E-state index contributed by atoms with van der Waals surface area (Å²) in [6.07, 6.45) is 1.90. The molecular formula is C26H30N4O6S. The Bertz CT molecular complexity index is 1420. The van der Waals surface area contributed by atoms with E-state index in [0.717, 1.165) is 28.8 Å². The van der Waals surface area contributed by atoms with Gasteiger partial charge >= 0.3 is 11.8 Å². The van der Waals surface area contributed by atoms with Crippen LogP contribution in [-0.4, -0.2) is 58.4 Å². The van der Waals surface area contributed by atoms with Crippen LogP contribution in [0.2, 0.25) is 0 Å². The van der Waals surface area contributed by atoms with Gasteiger partial charge in [0.15, 0.2) is 0 Å². The predicted molar refractivity (Wildman–Crippen MR) is 139 cm³/mol. The molecule has 0 spiro atoms. The van der Waals surface area contributed by atoms with E-state index in [1.807, 2.05) is 30.3 Å². The van der Waals surface area contributed by atoms with Gasteiger partial charge in [0.25, 0.3) is 5.56 Å². The van der Waals surface area contributed by atoms with Gasteiger partial charge in [-0.2, -0.15) is 0 Å². The third kappa shape index (κ3) is 5.19. The lowest BCUT2D eigenvalue weighted by Crippen LogP contribution is -2.43. The lowest BCUT2D eigenvalue weighted by atomic mass is 10.1. The van der Waals surface area contributed by atoms with Crippen LogP contribution in [0.15, 0.2) is 39.9 Å². The lowest BCUT2D eigenvalue weighted by Gasteiger charge is -2.25. The Balaban J connectivity index is 1.54. The molecule has 10 nitrogen and oxygen atoms in total. The van der Waals surface area contributed by atoms with E-state index in [4.69, 9.17) is 9.47 Å². The minimum absolute atomic E-state index is 0.0179. The average molecular weight is 527 g/mol. The second-order valence-corrected chi connectivity index (χ2v) is 10.3. The molecule has 2 aliphatic rings. The van der Waals surface area contributed by atoms with E-state index >= 15 is 0 Å². The molecule has 4 heterocycles. The summed E-state index contributed by atoms with van der Waals surface area (Å²) in [5, 5.41) is 3.32. The number of nitrogens with one attached hydrogen (secondary N) is 1. The van der Waals surface area contributed by atoms with Crippen molar-refractivity contribution in [2.45, 2.75) is 51.9 Å². The van der Waals surface area contributed by atoms with Gasteiger partial charge in [-0.15, -0.1) is 11.3 Å². The fourth-order valence-corrected chi connectivity index (χ4v) is 6.25. The van der Waals surface area contributed by atoms with Crippen LogP contribution < -0.4 is 16.6 Å². The molecular weight excluding hydrogens is 496 g/mol. The van der Waals surface area contributed by atoms with Crippen molar-refractivity contribution in [2.75, 3.05) is 26.3 Å². The number of hydrogen-bond acceptors (Lipinski definition) is 7. The highest BCUT2D eigenvalue weighted by Gasteiger charge is 2.29. The molecule has 37 heavy (non-hydrogen) atoms. The first kappa shape index (κ1) is 25.2. The van der Waals surface area contributed by atoms with Crippen molar-refractivity contribution in [1.82, 2.24) is 19.4 Å². The van der Waals surface area contributed by atoms with Crippen LogP contribution in [0.4, 0.5) is 4.79 Å². The molecule has 2 aromatic heterocycles. The smallest absolute Gasteiger partial charge is 0.410 e. The zero-order chi connectivity index (χ0) is 25.9. The standard InChI is InChI=1S/C26H30N4O6S/c1-2-35-26(34)28-11-10-19-20(15-28)37-24-22(19)23(32)29(14-17-7-4-3-5-8-17)25(33)30(24)16-21(31)27-13-18-9-6-12-36-18/h3-5,7-8,18H,2,6,9-16H2,1H3,(H,27,31)/t18-/m1/s1. The van der Waals surface area contributed by atoms with E-state index in [0.29, 0.717) is 42.9 Å². The lowest BCUT2D eigenvalue weighted by molar-refractivity contribution is -0.122. The Morgan fingerprint density at radius 2 is 2.00 bits per heavy atom. The largest absolute Gasteiger partial charge is 0.450 e. The van der Waals surface area contributed by atoms with Crippen molar-refractivity contribution in [2.24, 2.45) is 0 Å². The van der Waals surface area contributed by atoms with Crippen molar-refractivity contribution >= 4 is 33.6 Å². The Morgan fingerprint density at radius 3 is 2.73 bits per heavy atom. The zero-order valence-corrected chi connectivity index (χ0v) is 21.6. The van der Waals surface area contributed by atoms with Crippen molar-refractivity contribution in [3.8, 4) is 0 Å². The number of thiophene rings is 1. The molecule has 1 aromatic carbocycles. The topological polar surface area (TPSA) is 112 Å². The van der Waals surface area contributed by atoms with Gasteiger partial charge in [-0.1, -0.05) is 30.3 Å². The molecule has 3 aromatic rings. The van der Waals surface area contributed by atoms with Gasteiger partial charge in [0.1, 0.15) is 11.4 Å². The summed E-state index contributed by atoms with van der Waals surface area (Å²) in [4.78, 5) is 55.4. The molecule has 2 aliphatic heterocycles. The van der Waals surface area contributed by atoms with E-state index in [-0.39, 0.29) is 37.3 Å². The summed E-state index contributed by atoms with van der Waals surface area (Å²) in [5.41, 5.74) is 0.741. The van der Waals surface area contributed by atoms with E-state index in [9.17, 15) is 19.2 Å². The van der Waals surface area contributed by atoms with Crippen LogP contribution in [0.1, 0.15) is 35.8 Å². The number of rotatable bonds is 7. The molecule has 11 heteroatoms. The zero-order valence-electron chi connectivity index (χ0n) is 20.7. The summed E-state index contributed by atoms with van der Waals surface area (Å²) < 4.78 is 13.3. The van der Waals surface area contributed by atoms with Gasteiger partial charge in [-0.05, 0) is 37.3 Å². The SMILES string of the molecule is CCOC(=O)N1CCc2c(sc3c2c(=O)n(Cc2ccccc2)c(=O)n3CC(=O)NC[C@H]2CCCO2)C1. The number of ether oxygens (including phenoxy) is 2. The molecule has 0 bridgehead atoms. The van der Waals surface area contributed by atoms with Gasteiger partial charge < -0.3 is 19.7 Å². The fraction of sp³-hybridized carbons (Fsp3) is 0.462. The maximum atomic E-state index is 13.7. The van der Waals surface area contributed by atoms with Gasteiger partial charge in [-0.25, -0.2) is 9.59 Å². The number of benzene rings is 1. The highest BCUT2D eigenvalue weighted by Crippen LogP contribution is 2.33. The van der Waals surface area contributed by atoms with Crippen molar-refractivity contribution in [1.29, 1.82) is 0 Å². The van der Waals surface area contributed by atoms with Crippen molar-refractivity contribution in [3.63, 3.8) is 0 Å². The number of aromatic nitrogens is 2. The van der Waals surface area contributed by atoms with Crippen LogP contribution in [0, 0.1) is 0 Å². The first-order valence-electron chi connectivity index (χ1n) is 12.6. The summed E-state index contributed by atoms with van der Waals surface area (Å²) in [6, 6.07) is 9.29. The highest BCUT2D eigenvalue weighted by atomic mass is 32.1. The molecule has 1 N–H and O–H groups in total. The molecule has 0 unspecified atom stereocenters. The molecule has 0 aliphatic carbocycles. The van der Waals surface area contributed by atoms with E-state index in [2.05, 4.69) is 5.32 Å². The molecule has 1 atom stereocenters. The number of amides is 2. The van der Waals surface area contributed by atoms with Crippen LogP contribution in [0.25, 0.3) is 10.2 Å². The number of carbonyl (C=O) groups excluding carboxylic acids is 2. The fourth-order valence-electron chi connectivity index (χ4n) is 4.90. The molecule has 1 saturated heterocycles. The second-order valence-electron chi connectivity index (χ2n) is 9.24. The van der Waals surface area contributed by atoms with Crippen molar-refractivity contribution in [3.05, 3.63) is 67.2 Å². The van der Waals surface area contributed by atoms with Crippen LogP contribution >= 0.6 is 11.3 Å². The molecule has 5 rings (SSSR count). The van der Waals surface area contributed by atoms with Crippen molar-refractivity contribution < 1.29 is 19.1 Å². The highest BCUT2D eigenvalue weighted by molar-refractivity contribution is 7.18. The van der Waals surface area contributed by atoms with E-state index in [1.165, 1.54) is 20.5 Å². The van der Waals surface area contributed by atoms with Crippen LogP contribution in [-0.2, 0) is 40.3 Å². The third-order valence-corrected chi connectivity index (χ3v) is 8.01. The number of nitrogens with zero attached hydrogens (tertiary/aromatic N) is 3. The van der Waals surface area contributed by atoms with Crippen LogP contribution in [0.3, 0.4) is 0 Å².